The SMILES string of the molecule is CC#CCCOc1cc(F)ccc1[N+](=O)[O-]. The molecular weight excluding hydrogens is 213 g/mol. The number of nitrogens with zero attached hydrogens (tertiary/aromatic N) is 1. The first-order chi connectivity index (χ1) is 7.65. The molecule has 0 bridgehead atoms. The fourth-order valence-electron chi connectivity index (χ4n) is 1.09. The van der Waals surface area contributed by atoms with Crippen LogP contribution in [0.1, 0.15) is 13.3 Å². The minimum Gasteiger partial charge on any atom is -0.486 e. The van der Waals surface area contributed by atoms with Gasteiger partial charge in [0.25, 0.3) is 0 Å². The molecule has 0 spiro atoms. The minimum atomic E-state index is -0.611. The van der Waals surface area contributed by atoms with Crippen molar-refractivity contribution in [1.82, 2.24) is 0 Å². The fourth-order valence-corrected chi connectivity index (χ4v) is 1.09. The van der Waals surface area contributed by atoms with E-state index < -0.39 is 10.7 Å². The molecule has 84 valence electrons. The highest BCUT2D eigenvalue weighted by atomic mass is 19.1. The molecule has 0 saturated carbocycles. The van der Waals surface area contributed by atoms with Crippen LogP contribution < -0.4 is 4.74 Å². The Labute approximate surface area is 92.2 Å². The molecule has 1 aromatic carbocycles. The molecule has 0 aliphatic carbocycles. The summed E-state index contributed by atoms with van der Waals surface area (Å²) in [5.74, 6) is 4.77. The van der Waals surface area contributed by atoms with Gasteiger partial charge in [-0.15, -0.1) is 11.8 Å². The van der Waals surface area contributed by atoms with E-state index in [9.17, 15) is 14.5 Å². The molecule has 0 N–H and O–H groups in total. The lowest BCUT2D eigenvalue weighted by atomic mass is 10.3. The number of nitro benzene ring substituents is 1. The maximum absolute atomic E-state index is 12.9. The van der Waals surface area contributed by atoms with Crippen molar-refractivity contribution in [2.75, 3.05) is 6.61 Å². The van der Waals surface area contributed by atoms with Gasteiger partial charge in [0.05, 0.1) is 11.5 Å². The lowest BCUT2D eigenvalue weighted by Crippen LogP contribution is -2.00. The smallest absolute Gasteiger partial charge is 0.311 e. The van der Waals surface area contributed by atoms with E-state index in [0.29, 0.717) is 6.42 Å². The van der Waals surface area contributed by atoms with Crippen molar-refractivity contribution in [2.45, 2.75) is 13.3 Å². The van der Waals surface area contributed by atoms with Gasteiger partial charge in [0.1, 0.15) is 5.82 Å². The summed E-state index contributed by atoms with van der Waals surface area (Å²) in [6.45, 7) is 1.88. The number of ether oxygens (including phenoxy) is 1. The molecule has 1 rings (SSSR count). The molecule has 0 atom stereocenters. The van der Waals surface area contributed by atoms with Crippen LogP contribution in [0.5, 0.6) is 5.75 Å². The highest BCUT2D eigenvalue weighted by Gasteiger charge is 2.15. The molecule has 0 unspecified atom stereocenters. The largest absolute Gasteiger partial charge is 0.486 e. The van der Waals surface area contributed by atoms with Gasteiger partial charge in [0.2, 0.25) is 0 Å². The van der Waals surface area contributed by atoms with Gasteiger partial charge < -0.3 is 4.74 Å². The lowest BCUT2D eigenvalue weighted by molar-refractivity contribution is -0.385. The number of benzene rings is 1. The summed E-state index contributed by atoms with van der Waals surface area (Å²) < 4.78 is 18.0. The van der Waals surface area contributed by atoms with E-state index in [1.54, 1.807) is 6.92 Å². The molecule has 0 fully saturated rings. The summed E-state index contributed by atoms with van der Waals surface area (Å²) in [5.41, 5.74) is -0.245. The van der Waals surface area contributed by atoms with Crippen LogP contribution in [0, 0.1) is 27.8 Å². The van der Waals surface area contributed by atoms with Crippen molar-refractivity contribution in [1.29, 1.82) is 0 Å². The van der Waals surface area contributed by atoms with Crippen LogP contribution >= 0.6 is 0 Å². The zero-order valence-electron chi connectivity index (χ0n) is 8.70. The zero-order chi connectivity index (χ0) is 12.0. The molecule has 0 aromatic heterocycles. The topological polar surface area (TPSA) is 52.4 Å². The highest BCUT2D eigenvalue weighted by molar-refractivity contribution is 5.46. The Bertz CT molecular complexity index is 448. The van der Waals surface area contributed by atoms with Crippen LogP contribution in [0.15, 0.2) is 18.2 Å². The summed E-state index contributed by atoms with van der Waals surface area (Å²) in [4.78, 5) is 9.99. The van der Waals surface area contributed by atoms with Crippen LogP contribution in [-0.4, -0.2) is 11.5 Å². The molecular formula is C11H10FNO3. The molecule has 0 aliphatic heterocycles. The average Bonchev–Trinajstić information content (AvgIpc) is 2.24. The molecule has 0 radical (unpaired) electrons. The second-order valence-corrected chi connectivity index (χ2v) is 2.89. The van der Waals surface area contributed by atoms with E-state index in [4.69, 9.17) is 4.74 Å². The van der Waals surface area contributed by atoms with Crippen LogP contribution in [0.2, 0.25) is 0 Å². The first-order valence-corrected chi connectivity index (χ1v) is 4.61. The number of hydrogen-bond donors (Lipinski definition) is 0. The Morgan fingerprint density at radius 1 is 1.56 bits per heavy atom. The Hall–Kier alpha value is -2.09. The Kier molecular flexibility index (Phi) is 4.28. The predicted octanol–water partition coefficient (Wildman–Crippen LogP) is 2.53. The van der Waals surface area contributed by atoms with Crippen LogP contribution in [0.4, 0.5) is 10.1 Å². The second-order valence-electron chi connectivity index (χ2n) is 2.89. The van der Waals surface area contributed by atoms with Gasteiger partial charge >= 0.3 is 5.69 Å². The van der Waals surface area contributed by atoms with Crippen LogP contribution in [0.25, 0.3) is 0 Å². The Morgan fingerprint density at radius 3 is 2.94 bits per heavy atom. The normalized spacial score (nSPS) is 9.12. The van der Waals surface area contributed by atoms with Gasteiger partial charge in [-0.25, -0.2) is 4.39 Å². The standard InChI is InChI=1S/C11H10FNO3/c1-2-3-4-7-16-11-8-9(12)5-6-10(11)13(14)15/h5-6,8H,4,7H2,1H3. The summed E-state index contributed by atoms with van der Waals surface area (Å²) >= 11 is 0. The van der Waals surface area contributed by atoms with E-state index in [1.807, 2.05) is 0 Å². The first kappa shape index (κ1) is 12.0. The van der Waals surface area contributed by atoms with E-state index in [1.165, 1.54) is 0 Å². The monoisotopic (exact) mass is 223 g/mol. The summed E-state index contributed by atoms with van der Waals surface area (Å²) in [7, 11) is 0. The molecule has 5 heteroatoms. The van der Waals surface area contributed by atoms with Crippen molar-refractivity contribution in [2.24, 2.45) is 0 Å². The molecule has 0 aliphatic rings. The summed E-state index contributed by atoms with van der Waals surface area (Å²) in [6.07, 6.45) is 0.449. The maximum Gasteiger partial charge on any atom is 0.311 e. The Morgan fingerprint density at radius 2 is 2.31 bits per heavy atom. The lowest BCUT2D eigenvalue weighted by Gasteiger charge is -2.04. The zero-order valence-corrected chi connectivity index (χ0v) is 8.70. The maximum atomic E-state index is 12.9. The van der Waals surface area contributed by atoms with Gasteiger partial charge in [0.15, 0.2) is 5.75 Å². The van der Waals surface area contributed by atoms with Gasteiger partial charge in [0, 0.05) is 18.6 Å². The van der Waals surface area contributed by atoms with Crippen molar-refractivity contribution in [3.63, 3.8) is 0 Å². The van der Waals surface area contributed by atoms with Gasteiger partial charge in [-0.2, -0.15) is 0 Å². The number of halogens is 1. The molecule has 4 nitrogen and oxygen atoms in total. The van der Waals surface area contributed by atoms with Gasteiger partial charge in [-0.3, -0.25) is 10.1 Å². The van der Waals surface area contributed by atoms with Crippen molar-refractivity contribution < 1.29 is 14.1 Å². The predicted molar refractivity (Wildman–Crippen MR) is 56.6 cm³/mol. The molecule has 0 heterocycles. The quantitative estimate of drug-likeness (QED) is 0.341. The molecule has 16 heavy (non-hydrogen) atoms. The van der Waals surface area contributed by atoms with Crippen molar-refractivity contribution in [3.8, 4) is 17.6 Å². The second kappa shape index (κ2) is 5.71. The average molecular weight is 223 g/mol. The number of rotatable bonds is 4. The summed E-state index contributed by atoms with van der Waals surface area (Å²) in [5, 5.41) is 10.6. The molecule has 0 amide bonds. The Balaban J connectivity index is 2.78. The van der Waals surface area contributed by atoms with Gasteiger partial charge in [-0.1, -0.05) is 0 Å². The van der Waals surface area contributed by atoms with E-state index in [0.717, 1.165) is 18.2 Å². The van der Waals surface area contributed by atoms with E-state index in [2.05, 4.69) is 11.8 Å². The van der Waals surface area contributed by atoms with Crippen molar-refractivity contribution >= 4 is 5.69 Å². The number of hydrogen-bond acceptors (Lipinski definition) is 3. The first-order valence-electron chi connectivity index (χ1n) is 4.61. The third-order valence-corrected chi connectivity index (χ3v) is 1.78. The number of nitro groups is 1. The van der Waals surface area contributed by atoms with Gasteiger partial charge in [-0.05, 0) is 13.0 Å². The highest BCUT2D eigenvalue weighted by Crippen LogP contribution is 2.27. The van der Waals surface area contributed by atoms with Crippen LogP contribution in [0.3, 0.4) is 0 Å². The van der Waals surface area contributed by atoms with E-state index in [-0.39, 0.29) is 18.0 Å². The fraction of sp³-hybridized carbons (Fsp3) is 0.273. The summed E-state index contributed by atoms with van der Waals surface area (Å²) in [6, 6.07) is 3.10. The third kappa shape index (κ3) is 3.24. The molecule has 0 saturated heterocycles. The minimum absolute atomic E-state index is 0.0668. The third-order valence-electron chi connectivity index (χ3n) is 1.78. The van der Waals surface area contributed by atoms with E-state index >= 15 is 0 Å². The van der Waals surface area contributed by atoms with Crippen LogP contribution in [-0.2, 0) is 0 Å². The molecule has 1 aromatic rings. The van der Waals surface area contributed by atoms with Crippen molar-refractivity contribution in [3.05, 3.63) is 34.1 Å².